The van der Waals surface area contributed by atoms with Gasteiger partial charge in [-0.15, -0.1) is 0 Å². The number of carboxylic acids is 1. The van der Waals surface area contributed by atoms with Crippen molar-refractivity contribution < 1.29 is 19.5 Å². The van der Waals surface area contributed by atoms with Crippen LogP contribution in [0.25, 0.3) is 0 Å². The highest BCUT2D eigenvalue weighted by molar-refractivity contribution is 7.80. The van der Waals surface area contributed by atoms with Crippen molar-refractivity contribution in [1.82, 2.24) is 21.3 Å². The van der Waals surface area contributed by atoms with E-state index >= 15 is 0 Å². The third-order valence-electron chi connectivity index (χ3n) is 3.79. The van der Waals surface area contributed by atoms with E-state index in [4.69, 9.17) is 11.1 Å². The highest BCUT2D eigenvalue weighted by atomic mass is 32.1. The zero-order valence-corrected chi connectivity index (χ0v) is 14.8. The summed E-state index contributed by atoms with van der Waals surface area (Å²) < 4.78 is 0. The SMILES string of the molecule is N=C(N)NCCC[C@H](NC(=O)[C@H](CS)NC(=O)[C@@H]1CCCN1)C(=O)O. The number of hydrogen-bond acceptors (Lipinski definition) is 6. The number of hydrogen-bond donors (Lipinski definition) is 8. The highest BCUT2D eigenvalue weighted by Crippen LogP contribution is 2.06. The molecule has 1 aliphatic heterocycles. The predicted molar refractivity (Wildman–Crippen MR) is 95.5 cm³/mol. The van der Waals surface area contributed by atoms with Gasteiger partial charge in [0.1, 0.15) is 12.1 Å². The summed E-state index contributed by atoms with van der Waals surface area (Å²) >= 11 is 4.06. The molecule has 2 amide bonds. The first-order valence-corrected chi connectivity index (χ1v) is 8.74. The van der Waals surface area contributed by atoms with Crippen molar-refractivity contribution in [3.05, 3.63) is 0 Å². The lowest BCUT2D eigenvalue weighted by Crippen LogP contribution is -2.55. The molecule has 0 aromatic heterocycles. The molecular weight excluding hydrogens is 348 g/mol. The minimum Gasteiger partial charge on any atom is -0.480 e. The first-order valence-electron chi connectivity index (χ1n) is 8.10. The molecule has 0 aliphatic carbocycles. The van der Waals surface area contributed by atoms with Gasteiger partial charge >= 0.3 is 5.97 Å². The minimum atomic E-state index is -1.17. The average molecular weight is 374 g/mol. The first-order chi connectivity index (χ1) is 11.8. The third-order valence-corrected chi connectivity index (χ3v) is 4.16. The van der Waals surface area contributed by atoms with Gasteiger partial charge in [0.05, 0.1) is 6.04 Å². The topological polar surface area (TPSA) is 169 Å². The molecule has 1 saturated heterocycles. The maximum atomic E-state index is 12.3. The standard InChI is InChI=1S/C14H26N6O4S/c15-14(16)18-6-2-4-9(13(23)24)19-12(22)10(7-25)20-11(21)8-3-1-5-17-8/h8-10,17,25H,1-7H2,(H,19,22)(H,20,21)(H,23,24)(H4,15,16,18)/t8-,9-,10-/m0/s1. The van der Waals surface area contributed by atoms with Crippen LogP contribution >= 0.6 is 12.6 Å². The van der Waals surface area contributed by atoms with Crippen LogP contribution in [0.15, 0.2) is 0 Å². The van der Waals surface area contributed by atoms with Crippen LogP contribution in [0.5, 0.6) is 0 Å². The summed E-state index contributed by atoms with van der Waals surface area (Å²) in [6.45, 7) is 1.08. The van der Waals surface area contributed by atoms with Crippen LogP contribution in [-0.4, -0.2) is 65.8 Å². The van der Waals surface area contributed by atoms with E-state index in [1.807, 2.05) is 0 Å². The number of aliphatic carboxylic acids is 1. The molecule has 11 heteroatoms. The van der Waals surface area contributed by atoms with Gasteiger partial charge in [-0.3, -0.25) is 15.0 Å². The fraction of sp³-hybridized carbons (Fsp3) is 0.714. The van der Waals surface area contributed by atoms with Gasteiger partial charge in [-0.1, -0.05) is 0 Å². The summed E-state index contributed by atoms with van der Waals surface area (Å²) in [6, 6.07) is -2.33. The van der Waals surface area contributed by atoms with E-state index in [1.165, 1.54) is 0 Å². The molecule has 0 saturated carbocycles. The number of carbonyl (C=O) groups excluding carboxylic acids is 2. The molecule has 0 aromatic rings. The third kappa shape index (κ3) is 7.61. The summed E-state index contributed by atoms with van der Waals surface area (Å²) in [4.78, 5) is 35.6. The van der Waals surface area contributed by atoms with E-state index in [0.29, 0.717) is 19.4 Å². The second kappa shape index (κ2) is 10.8. The Morgan fingerprint density at radius 3 is 2.56 bits per heavy atom. The fourth-order valence-electron chi connectivity index (χ4n) is 2.43. The molecule has 1 rings (SSSR count). The van der Waals surface area contributed by atoms with Crippen LogP contribution in [0.1, 0.15) is 25.7 Å². The Kier molecular flexibility index (Phi) is 9.06. The molecule has 0 aromatic carbocycles. The second-order valence-electron chi connectivity index (χ2n) is 5.77. The largest absolute Gasteiger partial charge is 0.480 e. The summed E-state index contributed by atoms with van der Waals surface area (Å²) in [7, 11) is 0. The molecule has 3 atom stereocenters. The number of guanidine groups is 1. The van der Waals surface area contributed by atoms with Crippen LogP contribution in [0.2, 0.25) is 0 Å². The van der Waals surface area contributed by atoms with E-state index < -0.39 is 24.0 Å². The summed E-state index contributed by atoms with van der Waals surface area (Å²) in [5.74, 6) is -2.19. The number of nitrogens with one attached hydrogen (secondary N) is 5. The molecule has 0 unspecified atom stereocenters. The van der Waals surface area contributed by atoms with Crippen LogP contribution in [0.3, 0.4) is 0 Å². The molecule has 25 heavy (non-hydrogen) atoms. The summed E-state index contributed by atoms with van der Waals surface area (Å²) in [5, 5.41) is 26.8. The van der Waals surface area contributed by atoms with E-state index in [9.17, 15) is 19.5 Å². The highest BCUT2D eigenvalue weighted by Gasteiger charge is 2.28. The fourth-order valence-corrected chi connectivity index (χ4v) is 2.69. The Bertz CT molecular complexity index is 498. The smallest absolute Gasteiger partial charge is 0.326 e. The monoisotopic (exact) mass is 374 g/mol. The molecule has 0 radical (unpaired) electrons. The maximum absolute atomic E-state index is 12.3. The van der Waals surface area contributed by atoms with E-state index in [0.717, 1.165) is 13.0 Å². The Labute approximate surface area is 151 Å². The van der Waals surface area contributed by atoms with Crippen LogP contribution in [0, 0.1) is 5.41 Å². The van der Waals surface area contributed by atoms with Gasteiger partial charge in [0, 0.05) is 12.3 Å². The van der Waals surface area contributed by atoms with Crippen LogP contribution in [0.4, 0.5) is 0 Å². The molecule has 1 fully saturated rings. The molecule has 0 bridgehead atoms. The van der Waals surface area contributed by atoms with Crippen molar-refractivity contribution in [1.29, 1.82) is 5.41 Å². The molecule has 1 aliphatic rings. The van der Waals surface area contributed by atoms with Crippen molar-refractivity contribution in [2.75, 3.05) is 18.8 Å². The molecule has 0 spiro atoms. The van der Waals surface area contributed by atoms with Gasteiger partial charge in [-0.2, -0.15) is 12.6 Å². The summed E-state index contributed by atoms with van der Waals surface area (Å²) in [6.07, 6.45) is 2.17. The zero-order valence-electron chi connectivity index (χ0n) is 13.9. The minimum absolute atomic E-state index is 0.0581. The van der Waals surface area contributed by atoms with Crippen LogP contribution in [-0.2, 0) is 14.4 Å². The van der Waals surface area contributed by atoms with Gasteiger partial charge < -0.3 is 32.1 Å². The quantitative estimate of drug-likeness (QED) is 0.0944. The number of carbonyl (C=O) groups is 3. The van der Waals surface area contributed by atoms with Crippen molar-refractivity contribution in [2.45, 2.75) is 43.8 Å². The van der Waals surface area contributed by atoms with Gasteiger partial charge in [0.2, 0.25) is 11.8 Å². The van der Waals surface area contributed by atoms with E-state index in [-0.39, 0.29) is 30.1 Å². The number of rotatable bonds is 10. The Morgan fingerprint density at radius 2 is 2.04 bits per heavy atom. The van der Waals surface area contributed by atoms with Gasteiger partial charge in [-0.05, 0) is 32.2 Å². The van der Waals surface area contributed by atoms with Crippen molar-refractivity contribution in [2.24, 2.45) is 5.73 Å². The molecule has 142 valence electrons. The summed E-state index contributed by atoms with van der Waals surface area (Å²) in [5.41, 5.74) is 5.14. The molecule has 8 N–H and O–H groups in total. The Balaban J connectivity index is 2.50. The van der Waals surface area contributed by atoms with Crippen molar-refractivity contribution >= 4 is 36.4 Å². The maximum Gasteiger partial charge on any atom is 0.326 e. The Morgan fingerprint density at radius 1 is 1.32 bits per heavy atom. The molecular formula is C14H26N6O4S. The van der Waals surface area contributed by atoms with E-state index in [2.05, 4.69) is 33.9 Å². The van der Waals surface area contributed by atoms with Gasteiger partial charge in [0.25, 0.3) is 0 Å². The number of carboxylic acid groups (broad SMARTS) is 1. The number of thiol groups is 1. The second-order valence-corrected chi connectivity index (χ2v) is 6.14. The normalized spacial score (nSPS) is 18.8. The van der Waals surface area contributed by atoms with Gasteiger partial charge in [-0.25, -0.2) is 4.79 Å². The van der Waals surface area contributed by atoms with E-state index in [1.54, 1.807) is 0 Å². The lowest BCUT2D eigenvalue weighted by Gasteiger charge is -2.21. The Hall–Kier alpha value is -2.01. The number of amides is 2. The molecule has 10 nitrogen and oxygen atoms in total. The predicted octanol–water partition coefficient (Wildman–Crippen LogP) is -2.01. The van der Waals surface area contributed by atoms with Crippen molar-refractivity contribution in [3.8, 4) is 0 Å². The van der Waals surface area contributed by atoms with Crippen LogP contribution < -0.4 is 27.0 Å². The first kappa shape index (κ1) is 21.0. The van der Waals surface area contributed by atoms with Gasteiger partial charge in [0.15, 0.2) is 5.96 Å². The lowest BCUT2D eigenvalue weighted by atomic mass is 10.1. The lowest BCUT2D eigenvalue weighted by molar-refractivity contribution is -0.142. The number of nitrogens with two attached hydrogens (primary N) is 1. The average Bonchev–Trinajstić information content (AvgIpc) is 3.09. The zero-order chi connectivity index (χ0) is 18.8. The van der Waals surface area contributed by atoms with Crippen molar-refractivity contribution in [3.63, 3.8) is 0 Å². The molecule has 1 heterocycles.